The van der Waals surface area contributed by atoms with Crippen LogP contribution in [-0.4, -0.2) is 19.2 Å². The zero-order valence-electron chi connectivity index (χ0n) is 12.0. The van der Waals surface area contributed by atoms with E-state index in [2.05, 4.69) is 51.2 Å². The van der Waals surface area contributed by atoms with Gasteiger partial charge >= 0.3 is 0 Å². The van der Waals surface area contributed by atoms with Gasteiger partial charge in [0.05, 0.1) is 12.7 Å². The van der Waals surface area contributed by atoms with Gasteiger partial charge in [0.15, 0.2) is 0 Å². The summed E-state index contributed by atoms with van der Waals surface area (Å²) in [4.78, 5) is 0. The lowest BCUT2D eigenvalue weighted by Crippen LogP contribution is -2.43. The predicted octanol–water partition coefficient (Wildman–Crippen LogP) is 3.38. The molecule has 1 aromatic carbocycles. The Bertz CT molecular complexity index is 392. The number of hydrogen-bond acceptors (Lipinski definition) is 2. The van der Waals surface area contributed by atoms with Crippen molar-refractivity contribution in [3.63, 3.8) is 0 Å². The predicted molar refractivity (Wildman–Crippen MR) is 75.9 cm³/mol. The molecule has 0 amide bonds. The third-order valence-electron chi connectivity index (χ3n) is 3.62. The number of aryl methyl sites for hydroxylation is 2. The SMILES string of the molecule is Cc1ccc(C2CNC(CC(C)C)CO2)c(C)c1. The van der Waals surface area contributed by atoms with Crippen LogP contribution in [0.3, 0.4) is 0 Å². The quantitative estimate of drug-likeness (QED) is 0.884. The molecule has 2 atom stereocenters. The van der Waals surface area contributed by atoms with Crippen LogP contribution in [0.1, 0.15) is 43.1 Å². The lowest BCUT2D eigenvalue weighted by molar-refractivity contribution is -0.00163. The van der Waals surface area contributed by atoms with E-state index in [-0.39, 0.29) is 6.10 Å². The molecule has 0 saturated carbocycles. The second kappa shape index (κ2) is 5.85. The van der Waals surface area contributed by atoms with E-state index in [0.717, 1.165) is 19.1 Å². The second-order valence-electron chi connectivity index (χ2n) is 5.92. The molecule has 0 radical (unpaired) electrons. The van der Waals surface area contributed by atoms with E-state index in [1.165, 1.54) is 23.1 Å². The van der Waals surface area contributed by atoms with E-state index < -0.39 is 0 Å². The van der Waals surface area contributed by atoms with Crippen molar-refractivity contribution in [1.82, 2.24) is 5.32 Å². The molecule has 1 heterocycles. The van der Waals surface area contributed by atoms with E-state index in [9.17, 15) is 0 Å². The van der Waals surface area contributed by atoms with Crippen molar-refractivity contribution in [3.8, 4) is 0 Å². The summed E-state index contributed by atoms with van der Waals surface area (Å²) in [6, 6.07) is 7.14. The van der Waals surface area contributed by atoms with Crippen molar-refractivity contribution >= 4 is 0 Å². The average molecular weight is 247 g/mol. The highest BCUT2D eigenvalue weighted by Gasteiger charge is 2.23. The Labute approximate surface area is 111 Å². The van der Waals surface area contributed by atoms with E-state index in [1.807, 2.05) is 0 Å². The van der Waals surface area contributed by atoms with Crippen molar-refractivity contribution < 1.29 is 4.74 Å². The highest BCUT2D eigenvalue weighted by Crippen LogP contribution is 2.25. The zero-order valence-corrected chi connectivity index (χ0v) is 12.0. The molecule has 1 aromatic rings. The summed E-state index contributed by atoms with van der Waals surface area (Å²) in [5.41, 5.74) is 3.98. The maximum absolute atomic E-state index is 6.04. The smallest absolute Gasteiger partial charge is 0.0952 e. The highest BCUT2D eigenvalue weighted by atomic mass is 16.5. The first-order valence-electron chi connectivity index (χ1n) is 6.98. The van der Waals surface area contributed by atoms with E-state index in [0.29, 0.717) is 6.04 Å². The fourth-order valence-corrected chi connectivity index (χ4v) is 2.73. The minimum Gasteiger partial charge on any atom is -0.371 e. The molecule has 2 heteroatoms. The fraction of sp³-hybridized carbons (Fsp3) is 0.625. The molecule has 100 valence electrons. The van der Waals surface area contributed by atoms with Gasteiger partial charge in [0, 0.05) is 12.6 Å². The highest BCUT2D eigenvalue weighted by molar-refractivity contribution is 5.32. The van der Waals surface area contributed by atoms with Crippen molar-refractivity contribution in [2.75, 3.05) is 13.2 Å². The van der Waals surface area contributed by atoms with Gasteiger partial charge in [-0.1, -0.05) is 37.6 Å². The zero-order chi connectivity index (χ0) is 13.1. The van der Waals surface area contributed by atoms with Crippen LogP contribution in [0.5, 0.6) is 0 Å². The normalized spacial score (nSPS) is 24.5. The standard InChI is InChI=1S/C16H25NO/c1-11(2)7-14-10-18-16(9-17-14)15-6-5-12(3)8-13(15)4/h5-6,8,11,14,16-17H,7,9-10H2,1-4H3. The number of rotatable bonds is 3. The summed E-state index contributed by atoms with van der Waals surface area (Å²) in [6.07, 6.45) is 1.41. The van der Waals surface area contributed by atoms with Crippen LogP contribution in [0.4, 0.5) is 0 Å². The summed E-state index contributed by atoms with van der Waals surface area (Å²) >= 11 is 0. The molecule has 1 N–H and O–H groups in total. The van der Waals surface area contributed by atoms with Gasteiger partial charge in [-0.2, -0.15) is 0 Å². The van der Waals surface area contributed by atoms with Crippen molar-refractivity contribution in [1.29, 1.82) is 0 Å². The van der Waals surface area contributed by atoms with Crippen molar-refractivity contribution in [2.45, 2.75) is 46.3 Å². The molecule has 1 saturated heterocycles. The van der Waals surface area contributed by atoms with Crippen LogP contribution in [0.25, 0.3) is 0 Å². The Morgan fingerprint density at radius 3 is 2.67 bits per heavy atom. The van der Waals surface area contributed by atoms with Gasteiger partial charge in [-0.15, -0.1) is 0 Å². The molecule has 1 fully saturated rings. The summed E-state index contributed by atoms with van der Waals surface area (Å²) in [5, 5.41) is 3.62. The van der Waals surface area contributed by atoms with E-state index in [4.69, 9.17) is 4.74 Å². The monoisotopic (exact) mass is 247 g/mol. The molecular weight excluding hydrogens is 222 g/mol. The molecule has 2 rings (SSSR count). The van der Waals surface area contributed by atoms with Crippen molar-refractivity contribution in [2.24, 2.45) is 5.92 Å². The maximum atomic E-state index is 6.04. The summed E-state index contributed by atoms with van der Waals surface area (Å²) < 4.78 is 6.04. The second-order valence-corrected chi connectivity index (χ2v) is 5.92. The van der Waals surface area contributed by atoms with Gasteiger partial charge in [0.1, 0.15) is 0 Å². The minimum absolute atomic E-state index is 0.217. The first-order valence-corrected chi connectivity index (χ1v) is 6.98. The fourth-order valence-electron chi connectivity index (χ4n) is 2.73. The Morgan fingerprint density at radius 1 is 1.33 bits per heavy atom. The number of benzene rings is 1. The van der Waals surface area contributed by atoms with Gasteiger partial charge in [0.25, 0.3) is 0 Å². The maximum Gasteiger partial charge on any atom is 0.0952 e. The largest absolute Gasteiger partial charge is 0.371 e. The molecule has 1 aliphatic heterocycles. The first kappa shape index (κ1) is 13.6. The van der Waals surface area contributed by atoms with Gasteiger partial charge in [-0.3, -0.25) is 0 Å². The van der Waals surface area contributed by atoms with Crippen LogP contribution in [0, 0.1) is 19.8 Å². The number of morpholine rings is 1. The summed E-state index contributed by atoms with van der Waals surface area (Å²) in [6.45, 7) is 10.6. The molecule has 2 unspecified atom stereocenters. The Balaban J connectivity index is 1.97. The number of nitrogens with one attached hydrogen (secondary N) is 1. The number of ether oxygens (including phenoxy) is 1. The molecule has 0 spiro atoms. The topological polar surface area (TPSA) is 21.3 Å². The van der Waals surface area contributed by atoms with Gasteiger partial charge in [0.2, 0.25) is 0 Å². The molecule has 1 aliphatic rings. The Kier molecular flexibility index (Phi) is 4.41. The minimum atomic E-state index is 0.217. The Hall–Kier alpha value is -0.860. The third kappa shape index (κ3) is 3.33. The molecule has 0 aliphatic carbocycles. The van der Waals surface area contributed by atoms with Crippen molar-refractivity contribution in [3.05, 3.63) is 34.9 Å². The summed E-state index contributed by atoms with van der Waals surface area (Å²) in [7, 11) is 0. The van der Waals surface area contributed by atoms with Gasteiger partial charge in [-0.25, -0.2) is 0 Å². The Morgan fingerprint density at radius 2 is 2.11 bits per heavy atom. The van der Waals surface area contributed by atoms with Crippen LogP contribution in [0.15, 0.2) is 18.2 Å². The molecule has 0 bridgehead atoms. The average Bonchev–Trinajstić information content (AvgIpc) is 2.30. The van der Waals surface area contributed by atoms with E-state index >= 15 is 0 Å². The van der Waals surface area contributed by atoms with Gasteiger partial charge in [-0.05, 0) is 37.3 Å². The van der Waals surface area contributed by atoms with Gasteiger partial charge < -0.3 is 10.1 Å². The van der Waals surface area contributed by atoms with Crippen LogP contribution in [-0.2, 0) is 4.74 Å². The molecule has 0 aromatic heterocycles. The third-order valence-corrected chi connectivity index (χ3v) is 3.62. The van der Waals surface area contributed by atoms with E-state index in [1.54, 1.807) is 0 Å². The van der Waals surface area contributed by atoms with Crippen LogP contribution < -0.4 is 5.32 Å². The summed E-state index contributed by atoms with van der Waals surface area (Å²) in [5.74, 6) is 0.726. The molecular formula is C16H25NO. The molecule has 18 heavy (non-hydrogen) atoms. The lowest BCUT2D eigenvalue weighted by atomic mass is 9.98. The first-order chi connectivity index (χ1) is 8.56. The lowest BCUT2D eigenvalue weighted by Gasteiger charge is -2.32. The number of hydrogen-bond donors (Lipinski definition) is 1. The van der Waals surface area contributed by atoms with Crippen LogP contribution in [0.2, 0.25) is 0 Å². The van der Waals surface area contributed by atoms with Crippen LogP contribution >= 0.6 is 0 Å². The molecule has 2 nitrogen and oxygen atoms in total.